The van der Waals surface area contributed by atoms with Crippen LogP contribution in [0.5, 0.6) is 0 Å². The number of anilines is 1. The van der Waals surface area contributed by atoms with Crippen LogP contribution in [-0.2, 0) is 20.8 Å². The van der Waals surface area contributed by atoms with Crippen LogP contribution in [0.2, 0.25) is 0 Å². The number of pyridine rings is 1. The first kappa shape index (κ1) is 21.6. The van der Waals surface area contributed by atoms with E-state index in [-0.39, 0.29) is 29.5 Å². The predicted octanol–water partition coefficient (Wildman–Crippen LogP) is 2.11. The number of hydrogen-bond acceptors (Lipinski definition) is 7. The molecule has 3 aromatic rings. The van der Waals surface area contributed by atoms with Gasteiger partial charge in [-0.1, -0.05) is 18.2 Å². The molecule has 0 aliphatic carbocycles. The molecular formula is C24H18ClN5O4. The second kappa shape index (κ2) is 7.96. The molecule has 2 N–H and O–H groups in total. The first-order chi connectivity index (χ1) is 16.1. The largest absolute Gasteiger partial charge is 0.464 e. The van der Waals surface area contributed by atoms with E-state index in [4.69, 9.17) is 4.42 Å². The maximum Gasteiger partial charge on any atom is 0.261 e. The molecule has 0 bridgehead atoms. The molecule has 1 aromatic carbocycles. The van der Waals surface area contributed by atoms with Crippen molar-refractivity contribution in [2.45, 2.75) is 12.5 Å². The van der Waals surface area contributed by atoms with E-state index in [2.05, 4.69) is 20.6 Å². The molecule has 0 fully saturated rings. The van der Waals surface area contributed by atoms with Crippen LogP contribution in [0, 0.1) is 0 Å². The Labute approximate surface area is 199 Å². The molecular weight excluding hydrogens is 458 g/mol. The number of carbonyl (C=O) groups is 3. The van der Waals surface area contributed by atoms with Gasteiger partial charge in [0.05, 0.1) is 28.8 Å². The molecule has 1 atom stereocenters. The van der Waals surface area contributed by atoms with Gasteiger partial charge in [-0.05, 0) is 11.6 Å². The molecule has 1 unspecified atom stereocenters. The Hall–Kier alpha value is -4.24. The van der Waals surface area contributed by atoms with Gasteiger partial charge >= 0.3 is 0 Å². The Kier molecular flexibility index (Phi) is 5.06. The second-order valence-electron chi connectivity index (χ2n) is 7.89. The van der Waals surface area contributed by atoms with Gasteiger partial charge in [0.2, 0.25) is 5.91 Å². The minimum Gasteiger partial charge on any atom is -0.464 e. The lowest BCUT2D eigenvalue weighted by atomic mass is 9.93. The summed E-state index contributed by atoms with van der Waals surface area (Å²) in [4.78, 5) is 49.1. The predicted molar refractivity (Wildman–Crippen MR) is 127 cm³/mol. The fourth-order valence-corrected chi connectivity index (χ4v) is 4.73. The monoisotopic (exact) mass is 475 g/mol. The molecule has 6 rings (SSSR count). The molecule has 9 nitrogen and oxygen atoms in total. The van der Waals surface area contributed by atoms with Crippen molar-refractivity contribution in [2.75, 3.05) is 11.9 Å². The molecule has 3 aliphatic heterocycles. The number of para-hydroxylation sites is 1. The van der Waals surface area contributed by atoms with Crippen molar-refractivity contribution in [3.05, 3.63) is 77.6 Å². The van der Waals surface area contributed by atoms with Crippen LogP contribution in [-0.4, -0.2) is 41.5 Å². The van der Waals surface area contributed by atoms with Crippen molar-refractivity contribution in [3.8, 4) is 0 Å². The standard InChI is InChI=1S/C24H17N5O4.ClH/c1-25-22(30)16-9-12-3-2-4-14-19(27-6-7-29(16)20(12)14)18-17(23(31)28-24(18)32)15-11-26-10-13-5-8-33-21(13)15;/h2-8,10-11,16H,9H2,1H3,(H,25,30)(H,28,31,32);1H. The van der Waals surface area contributed by atoms with Gasteiger partial charge in [-0.2, -0.15) is 0 Å². The van der Waals surface area contributed by atoms with E-state index in [1.165, 1.54) is 12.5 Å². The summed E-state index contributed by atoms with van der Waals surface area (Å²) in [7, 11) is 1.60. The van der Waals surface area contributed by atoms with Crippen LogP contribution >= 0.6 is 12.4 Å². The second-order valence-corrected chi connectivity index (χ2v) is 7.89. The number of halogens is 1. The van der Waals surface area contributed by atoms with Gasteiger partial charge in [0.15, 0.2) is 0 Å². The van der Waals surface area contributed by atoms with Crippen molar-refractivity contribution in [2.24, 2.45) is 4.99 Å². The number of hydrogen-bond donors (Lipinski definition) is 2. The molecule has 3 aliphatic rings. The van der Waals surface area contributed by atoms with Crippen molar-refractivity contribution in [3.63, 3.8) is 0 Å². The summed E-state index contributed by atoms with van der Waals surface area (Å²) in [6.45, 7) is 0. The lowest BCUT2D eigenvalue weighted by Crippen LogP contribution is -2.41. The third-order valence-electron chi connectivity index (χ3n) is 6.16. The number of carbonyl (C=O) groups excluding carboxylic acids is 3. The highest BCUT2D eigenvalue weighted by molar-refractivity contribution is 6.48. The van der Waals surface area contributed by atoms with Gasteiger partial charge in [-0.25, -0.2) is 0 Å². The molecule has 0 spiro atoms. The minimum atomic E-state index is -0.544. The zero-order valence-corrected chi connectivity index (χ0v) is 18.7. The molecule has 5 heterocycles. The molecule has 0 radical (unpaired) electrons. The normalized spacial score (nSPS) is 18.4. The summed E-state index contributed by atoms with van der Waals surface area (Å²) in [5, 5.41) is 5.82. The highest BCUT2D eigenvalue weighted by Gasteiger charge is 2.41. The van der Waals surface area contributed by atoms with Crippen LogP contribution in [0.15, 0.2) is 70.3 Å². The van der Waals surface area contributed by atoms with Gasteiger partial charge in [-0.15, -0.1) is 12.4 Å². The van der Waals surface area contributed by atoms with Crippen LogP contribution in [0.3, 0.4) is 0 Å². The summed E-state index contributed by atoms with van der Waals surface area (Å²) in [5.41, 5.74) is 3.96. The summed E-state index contributed by atoms with van der Waals surface area (Å²) < 4.78 is 5.60. The molecule has 34 heavy (non-hydrogen) atoms. The highest BCUT2D eigenvalue weighted by atomic mass is 35.5. The number of benzene rings is 1. The SMILES string of the molecule is CNC(=O)C1Cc2cccc3c2N1C=CN=C3C1=C(c2cncc3ccoc23)C(=O)NC1=O.Cl. The molecule has 10 heteroatoms. The zero-order valence-electron chi connectivity index (χ0n) is 17.9. The maximum atomic E-state index is 13.0. The van der Waals surface area contributed by atoms with Crippen molar-refractivity contribution >= 4 is 58.1 Å². The lowest BCUT2D eigenvalue weighted by Gasteiger charge is -2.23. The van der Waals surface area contributed by atoms with Crippen molar-refractivity contribution in [1.29, 1.82) is 0 Å². The van der Waals surface area contributed by atoms with E-state index in [9.17, 15) is 14.4 Å². The first-order valence-electron chi connectivity index (χ1n) is 10.4. The van der Waals surface area contributed by atoms with E-state index in [0.717, 1.165) is 16.6 Å². The van der Waals surface area contributed by atoms with Crippen LogP contribution in [0.25, 0.3) is 16.5 Å². The number of nitrogens with one attached hydrogen (secondary N) is 2. The number of amides is 3. The van der Waals surface area contributed by atoms with E-state index >= 15 is 0 Å². The Morgan fingerprint density at radius 1 is 1.15 bits per heavy atom. The Balaban J connectivity index is 0.00000241. The van der Waals surface area contributed by atoms with Gasteiger partial charge < -0.3 is 14.6 Å². The van der Waals surface area contributed by atoms with Crippen LogP contribution in [0.1, 0.15) is 16.7 Å². The van der Waals surface area contributed by atoms with Crippen LogP contribution in [0.4, 0.5) is 5.69 Å². The van der Waals surface area contributed by atoms with E-state index < -0.39 is 17.9 Å². The molecule has 170 valence electrons. The van der Waals surface area contributed by atoms with Gasteiger partial charge in [0.25, 0.3) is 11.8 Å². The summed E-state index contributed by atoms with van der Waals surface area (Å²) >= 11 is 0. The number of fused-ring (bicyclic) bond motifs is 1. The Morgan fingerprint density at radius 3 is 2.79 bits per heavy atom. The smallest absolute Gasteiger partial charge is 0.261 e. The lowest BCUT2D eigenvalue weighted by molar-refractivity contribution is -0.123. The summed E-state index contributed by atoms with van der Waals surface area (Å²) in [6.07, 6.45) is 8.45. The number of likely N-dealkylation sites (N-methyl/N-ethyl adjacent to an activating group) is 1. The molecule has 0 saturated heterocycles. The summed E-state index contributed by atoms with van der Waals surface area (Å²) in [5.74, 6) is -1.20. The number of furan rings is 1. The number of imide groups is 1. The number of aliphatic imine (C=N–C) groups is 1. The summed E-state index contributed by atoms with van der Waals surface area (Å²) in [6, 6.07) is 6.98. The molecule has 2 aromatic heterocycles. The average Bonchev–Trinajstić information content (AvgIpc) is 3.48. The fourth-order valence-electron chi connectivity index (χ4n) is 4.73. The van der Waals surface area contributed by atoms with Crippen molar-refractivity contribution in [1.82, 2.24) is 15.6 Å². The fraction of sp³-hybridized carbons (Fsp3) is 0.125. The Morgan fingerprint density at radius 2 is 1.97 bits per heavy atom. The number of aromatic nitrogens is 1. The van der Waals surface area contributed by atoms with E-state index in [1.54, 1.807) is 31.7 Å². The topological polar surface area (TPSA) is 117 Å². The van der Waals surface area contributed by atoms with Gasteiger partial charge in [-0.3, -0.25) is 29.7 Å². The molecule has 3 amide bonds. The van der Waals surface area contributed by atoms with Crippen LogP contribution < -0.4 is 15.5 Å². The molecule has 0 saturated carbocycles. The number of nitrogens with zero attached hydrogens (tertiary/aromatic N) is 3. The first-order valence-corrected chi connectivity index (χ1v) is 10.4. The van der Waals surface area contributed by atoms with E-state index in [1.807, 2.05) is 23.1 Å². The van der Waals surface area contributed by atoms with Crippen molar-refractivity contribution < 1.29 is 18.8 Å². The number of rotatable bonds is 3. The quantitative estimate of drug-likeness (QED) is 0.560. The zero-order chi connectivity index (χ0) is 22.7. The maximum absolute atomic E-state index is 13.0. The Bertz CT molecular complexity index is 1490. The highest BCUT2D eigenvalue weighted by Crippen LogP contribution is 2.40. The minimum absolute atomic E-state index is 0. The third kappa shape index (κ3) is 2.97. The van der Waals surface area contributed by atoms with E-state index in [0.29, 0.717) is 28.8 Å². The average molecular weight is 476 g/mol. The van der Waals surface area contributed by atoms with Gasteiger partial charge in [0.1, 0.15) is 11.6 Å². The third-order valence-corrected chi connectivity index (χ3v) is 6.16. The van der Waals surface area contributed by atoms with Gasteiger partial charge in [0, 0.05) is 54.8 Å².